The molecule has 37 heavy (non-hydrogen) atoms. The Balaban J connectivity index is 1.30. The van der Waals surface area contributed by atoms with Gasteiger partial charge >= 0.3 is 0 Å². The number of pyridine rings is 1. The van der Waals surface area contributed by atoms with E-state index in [0.29, 0.717) is 24.5 Å². The van der Waals surface area contributed by atoms with Crippen molar-refractivity contribution in [3.8, 4) is 11.6 Å². The highest BCUT2D eigenvalue weighted by molar-refractivity contribution is 7.92. The van der Waals surface area contributed by atoms with Crippen molar-refractivity contribution in [2.24, 2.45) is 7.05 Å². The topological polar surface area (TPSA) is 106 Å². The van der Waals surface area contributed by atoms with Gasteiger partial charge in [0, 0.05) is 50.7 Å². The largest absolute Gasteiger partial charge is 0.439 e. The minimum atomic E-state index is -3.88. The number of sulfonamides is 1. The van der Waals surface area contributed by atoms with E-state index in [4.69, 9.17) is 27.9 Å². The van der Waals surface area contributed by atoms with Gasteiger partial charge < -0.3 is 19.5 Å². The minimum absolute atomic E-state index is 0.00301. The molecule has 0 radical (unpaired) electrons. The average molecular weight is 560 g/mol. The Labute approximate surface area is 224 Å². The number of anilines is 1. The van der Waals surface area contributed by atoms with E-state index in [2.05, 4.69) is 15.0 Å². The molecule has 0 spiro atoms. The van der Waals surface area contributed by atoms with Gasteiger partial charge in [-0.25, -0.2) is 13.4 Å². The van der Waals surface area contributed by atoms with Crippen LogP contribution in [0.5, 0.6) is 11.6 Å². The average Bonchev–Trinajstić information content (AvgIpc) is 3.22. The number of rotatable bonds is 6. The van der Waals surface area contributed by atoms with E-state index in [1.54, 1.807) is 18.2 Å². The van der Waals surface area contributed by atoms with Crippen LogP contribution in [-0.4, -0.2) is 55.0 Å². The highest BCUT2D eigenvalue weighted by Crippen LogP contribution is 2.29. The first kappa shape index (κ1) is 25.3. The van der Waals surface area contributed by atoms with E-state index in [0.717, 1.165) is 24.0 Å². The third kappa shape index (κ3) is 5.37. The summed E-state index contributed by atoms with van der Waals surface area (Å²) in [7, 11) is -2.02. The Morgan fingerprint density at radius 1 is 1.03 bits per heavy atom. The van der Waals surface area contributed by atoms with Gasteiger partial charge in [0.25, 0.3) is 15.9 Å². The highest BCUT2D eigenvalue weighted by atomic mass is 35.5. The maximum absolute atomic E-state index is 13.0. The van der Waals surface area contributed by atoms with Crippen LogP contribution in [0.1, 0.15) is 10.5 Å². The predicted molar refractivity (Wildman–Crippen MR) is 143 cm³/mol. The summed E-state index contributed by atoms with van der Waals surface area (Å²) in [6.45, 7) is 2.94. The fourth-order valence-electron chi connectivity index (χ4n) is 4.09. The fraction of sp³-hybridized carbons (Fsp3) is 0.200. The lowest BCUT2D eigenvalue weighted by atomic mass is 10.2. The van der Waals surface area contributed by atoms with E-state index in [9.17, 15) is 13.2 Å². The molecule has 12 heteroatoms. The van der Waals surface area contributed by atoms with Crippen molar-refractivity contribution in [3.63, 3.8) is 0 Å². The molecular weight excluding hydrogens is 537 g/mol. The number of hydrogen-bond donors (Lipinski definition) is 2. The third-order valence-corrected chi connectivity index (χ3v) is 8.17. The molecule has 0 saturated carbocycles. The molecule has 5 rings (SSSR count). The van der Waals surface area contributed by atoms with Crippen molar-refractivity contribution >= 4 is 55.7 Å². The molecule has 2 aromatic heterocycles. The number of carbonyl (C=O) groups excluding carboxylic acids is 1. The van der Waals surface area contributed by atoms with Crippen molar-refractivity contribution in [2.45, 2.75) is 4.90 Å². The molecular formula is C25H23Cl2N5O4S. The molecule has 1 saturated heterocycles. The zero-order valence-corrected chi connectivity index (χ0v) is 22.1. The van der Waals surface area contributed by atoms with Crippen molar-refractivity contribution < 1.29 is 17.9 Å². The van der Waals surface area contributed by atoms with E-state index in [1.165, 1.54) is 24.4 Å². The number of piperazine rings is 1. The Kier molecular flexibility index (Phi) is 7.00. The number of nitrogens with one attached hydrogen (secondary N) is 2. The molecule has 0 unspecified atom stereocenters. The minimum Gasteiger partial charge on any atom is -0.439 e. The summed E-state index contributed by atoms with van der Waals surface area (Å²) >= 11 is 11.8. The SMILES string of the molecule is Cn1c(C(=O)N2CCNCC2)cc2ccc(Oc3ccc(NS(=O)(=O)c4ccc(Cl)c(Cl)c4)cn3)cc21. The maximum Gasteiger partial charge on any atom is 0.270 e. The van der Waals surface area contributed by atoms with Crippen molar-refractivity contribution in [3.05, 3.63) is 76.5 Å². The molecule has 9 nitrogen and oxygen atoms in total. The molecule has 0 atom stereocenters. The number of hydrogen-bond acceptors (Lipinski definition) is 6. The number of ether oxygens (including phenoxy) is 1. The Hall–Kier alpha value is -3.31. The summed E-state index contributed by atoms with van der Waals surface area (Å²) < 4.78 is 35.5. The van der Waals surface area contributed by atoms with Gasteiger partial charge in [-0.2, -0.15) is 0 Å². The normalized spacial score (nSPS) is 14.1. The standard InChI is InChI=1S/C25H23Cl2N5O4S/c1-31-22-13-18(4-2-16(22)12-23(31)25(33)32-10-8-28-9-11-32)36-24-7-3-17(15-29-24)30-37(34,35)19-5-6-20(26)21(27)14-19/h2-7,12-15,28,30H,8-11H2,1H3. The molecule has 2 aromatic carbocycles. The van der Waals surface area contributed by atoms with Crippen molar-refractivity contribution in [1.82, 2.24) is 19.8 Å². The first-order chi connectivity index (χ1) is 17.7. The number of carbonyl (C=O) groups is 1. The number of benzene rings is 2. The zero-order valence-electron chi connectivity index (χ0n) is 19.7. The van der Waals surface area contributed by atoms with E-state index >= 15 is 0 Å². The van der Waals surface area contributed by atoms with Crippen LogP contribution in [0, 0.1) is 0 Å². The first-order valence-electron chi connectivity index (χ1n) is 11.4. The summed E-state index contributed by atoms with van der Waals surface area (Å²) in [5.74, 6) is 0.818. The lowest BCUT2D eigenvalue weighted by Crippen LogP contribution is -2.46. The van der Waals surface area contributed by atoms with E-state index in [1.807, 2.05) is 34.7 Å². The quantitative estimate of drug-likeness (QED) is 0.360. The van der Waals surface area contributed by atoms with Gasteiger partial charge in [-0.05, 0) is 42.5 Å². The number of amides is 1. The predicted octanol–water partition coefficient (Wildman–Crippen LogP) is 4.52. The summed E-state index contributed by atoms with van der Waals surface area (Å²) in [4.78, 5) is 19.0. The number of fused-ring (bicyclic) bond motifs is 1. The van der Waals surface area contributed by atoms with Gasteiger partial charge in [-0.1, -0.05) is 23.2 Å². The van der Waals surface area contributed by atoms with Gasteiger partial charge in [-0.15, -0.1) is 0 Å². The Morgan fingerprint density at radius 2 is 1.81 bits per heavy atom. The molecule has 1 fully saturated rings. The first-order valence-corrected chi connectivity index (χ1v) is 13.7. The van der Waals surface area contributed by atoms with Gasteiger partial charge in [0.15, 0.2) is 0 Å². The smallest absolute Gasteiger partial charge is 0.270 e. The van der Waals surface area contributed by atoms with Crippen LogP contribution >= 0.6 is 23.2 Å². The van der Waals surface area contributed by atoms with Crippen molar-refractivity contribution in [2.75, 3.05) is 30.9 Å². The fourth-order valence-corrected chi connectivity index (χ4v) is 5.52. The Bertz CT molecular complexity index is 1580. The maximum atomic E-state index is 13.0. The summed E-state index contributed by atoms with van der Waals surface area (Å²) in [6.07, 6.45) is 1.36. The van der Waals surface area contributed by atoms with Gasteiger partial charge in [0.1, 0.15) is 11.4 Å². The van der Waals surface area contributed by atoms with Crippen LogP contribution in [0.4, 0.5) is 5.69 Å². The number of halogens is 2. The highest BCUT2D eigenvalue weighted by Gasteiger charge is 2.22. The number of aromatic nitrogens is 2. The molecule has 2 N–H and O–H groups in total. The van der Waals surface area contributed by atoms with E-state index < -0.39 is 10.0 Å². The van der Waals surface area contributed by atoms with Gasteiger partial charge in [0.2, 0.25) is 5.88 Å². The second kappa shape index (κ2) is 10.2. The second-order valence-corrected chi connectivity index (χ2v) is 11.0. The van der Waals surface area contributed by atoms with Crippen molar-refractivity contribution in [1.29, 1.82) is 0 Å². The zero-order chi connectivity index (χ0) is 26.2. The lowest BCUT2D eigenvalue weighted by Gasteiger charge is -2.27. The number of aryl methyl sites for hydroxylation is 1. The van der Waals surface area contributed by atoms with Crippen LogP contribution in [0.25, 0.3) is 10.9 Å². The summed E-state index contributed by atoms with van der Waals surface area (Å²) in [5, 5.41) is 4.58. The van der Waals surface area contributed by atoms with Crippen LogP contribution in [-0.2, 0) is 17.1 Å². The van der Waals surface area contributed by atoms with E-state index in [-0.39, 0.29) is 32.4 Å². The van der Waals surface area contributed by atoms with Gasteiger partial charge in [-0.3, -0.25) is 9.52 Å². The summed E-state index contributed by atoms with van der Waals surface area (Å²) in [6, 6.07) is 14.6. The second-order valence-electron chi connectivity index (χ2n) is 8.52. The third-order valence-electron chi connectivity index (χ3n) is 6.05. The molecule has 3 heterocycles. The molecule has 0 aliphatic carbocycles. The molecule has 1 amide bonds. The Morgan fingerprint density at radius 3 is 2.51 bits per heavy atom. The molecule has 192 valence electrons. The van der Waals surface area contributed by atoms with Crippen LogP contribution in [0.15, 0.2) is 65.7 Å². The van der Waals surface area contributed by atoms with Crippen LogP contribution in [0.3, 0.4) is 0 Å². The molecule has 4 aromatic rings. The molecule has 1 aliphatic rings. The summed E-state index contributed by atoms with van der Waals surface area (Å²) in [5.41, 5.74) is 1.72. The molecule has 0 bridgehead atoms. The molecule has 1 aliphatic heterocycles. The van der Waals surface area contributed by atoms with Crippen LogP contribution in [0.2, 0.25) is 10.0 Å². The van der Waals surface area contributed by atoms with Gasteiger partial charge in [0.05, 0.1) is 32.3 Å². The lowest BCUT2D eigenvalue weighted by molar-refractivity contribution is 0.0726. The van der Waals surface area contributed by atoms with Crippen LogP contribution < -0.4 is 14.8 Å². The monoisotopic (exact) mass is 559 g/mol. The number of nitrogens with zero attached hydrogens (tertiary/aromatic N) is 3.